The second-order valence-corrected chi connectivity index (χ2v) is 4.39. The van der Waals surface area contributed by atoms with Gasteiger partial charge in [-0.15, -0.1) is 0 Å². The van der Waals surface area contributed by atoms with Crippen molar-refractivity contribution in [2.75, 3.05) is 44.0 Å². The summed E-state index contributed by atoms with van der Waals surface area (Å²) in [5.41, 5.74) is 0. The number of ether oxygens (including phenoxy) is 2. The third-order valence-corrected chi connectivity index (χ3v) is 2.58. The van der Waals surface area contributed by atoms with E-state index >= 15 is 0 Å². The van der Waals surface area contributed by atoms with E-state index in [1.54, 1.807) is 7.11 Å². The molecule has 1 aromatic rings. The molecule has 0 aliphatic carbocycles. The maximum atomic E-state index is 5.31. The van der Waals surface area contributed by atoms with Gasteiger partial charge in [0.15, 0.2) is 5.82 Å². The fraction of sp³-hybridized carbons (Fsp3) is 0.714. The van der Waals surface area contributed by atoms with Crippen molar-refractivity contribution in [1.82, 2.24) is 9.97 Å². The van der Waals surface area contributed by atoms with Crippen molar-refractivity contribution in [3.63, 3.8) is 0 Å². The fourth-order valence-corrected chi connectivity index (χ4v) is 1.66. The predicted molar refractivity (Wildman–Crippen MR) is 81.1 cm³/mol. The Hall–Kier alpha value is -1.40. The van der Waals surface area contributed by atoms with E-state index in [1.807, 2.05) is 13.0 Å². The molecule has 0 aromatic carbocycles. The minimum absolute atomic E-state index is 0.412. The molecule has 1 rings (SSSR count). The molecule has 1 heterocycles. The quantitative estimate of drug-likeness (QED) is 0.607. The lowest BCUT2D eigenvalue weighted by atomic mass is 10.4. The molecule has 6 nitrogen and oxygen atoms in total. The molecule has 1 aromatic heterocycles. The summed E-state index contributed by atoms with van der Waals surface area (Å²) in [6.07, 6.45) is 2.01. The fourth-order valence-electron chi connectivity index (χ4n) is 1.66. The molecule has 20 heavy (non-hydrogen) atoms. The Morgan fingerprint density at radius 2 is 1.80 bits per heavy atom. The smallest absolute Gasteiger partial charge is 0.158 e. The summed E-state index contributed by atoms with van der Waals surface area (Å²) < 4.78 is 10.4. The molecular weight excluding hydrogens is 256 g/mol. The number of methoxy groups -OCH3 is 1. The largest absolute Gasteiger partial charge is 0.382 e. The average molecular weight is 282 g/mol. The minimum atomic E-state index is 0.412. The SMILES string of the molecule is CCCNc1cc(NCCCOCC)nc(COC)n1. The second-order valence-electron chi connectivity index (χ2n) is 4.39. The van der Waals surface area contributed by atoms with Gasteiger partial charge in [0.1, 0.15) is 18.2 Å². The van der Waals surface area contributed by atoms with Crippen molar-refractivity contribution in [1.29, 1.82) is 0 Å². The van der Waals surface area contributed by atoms with E-state index in [9.17, 15) is 0 Å². The van der Waals surface area contributed by atoms with Crippen LogP contribution in [0.5, 0.6) is 0 Å². The summed E-state index contributed by atoms with van der Waals surface area (Å²) in [7, 11) is 1.64. The van der Waals surface area contributed by atoms with Gasteiger partial charge in [0, 0.05) is 39.5 Å². The number of rotatable bonds is 11. The second kappa shape index (κ2) is 10.4. The number of aromatic nitrogens is 2. The molecule has 0 atom stereocenters. The van der Waals surface area contributed by atoms with Gasteiger partial charge in [-0.05, 0) is 19.8 Å². The van der Waals surface area contributed by atoms with Crippen LogP contribution in [0.25, 0.3) is 0 Å². The highest BCUT2D eigenvalue weighted by atomic mass is 16.5. The Bertz CT molecular complexity index is 374. The van der Waals surface area contributed by atoms with Crippen LogP contribution in [0.15, 0.2) is 6.07 Å². The highest BCUT2D eigenvalue weighted by molar-refractivity contribution is 5.47. The number of hydrogen-bond donors (Lipinski definition) is 2. The normalized spacial score (nSPS) is 10.6. The molecule has 0 spiro atoms. The van der Waals surface area contributed by atoms with Gasteiger partial charge in [0.05, 0.1) is 0 Å². The molecule has 0 saturated carbocycles. The van der Waals surface area contributed by atoms with Crippen LogP contribution in [-0.2, 0) is 16.1 Å². The molecule has 2 N–H and O–H groups in total. The molecule has 0 saturated heterocycles. The van der Waals surface area contributed by atoms with Gasteiger partial charge in [0.2, 0.25) is 0 Å². The molecule has 0 fully saturated rings. The van der Waals surface area contributed by atoms with Gasteiger partial charge in [-0.25, -0.2) is 9.97 Å². The van der Waals surface area contributed by atoms with Crippen molar-refractivity contribution in [2.45, 2.75) is 33.3 Å². The van der Waals surface area contributed by atoms with E-state index in [1.165, 1.54) is 0 Å². The zero-order valence-electron chi connectivity index (χ0n) is 12.7. The van der Waals surface area contributed by atoms with Crippen LogP contribution >= 0.6 is 0 Å². The highest BCUT2D eigenvalue weighted by Crippen LogP contribution is 2.12. The van der Waals surface area contributed by atoms with Gasteiger partial charge >= 0.3 is 0 Å². The minimum Gasteiger partial charge on any atom is -0.382 e. The van der Waals surface area contributed by atoms with E-state index < -0.39 is 0 Å². The van der Waals surface area contributed by atoms with Gasteiger partial charge in [-0.3, -0.25) is 0 Å². The lowest BCUT2D eigenvalue weighted by Gasteiger charge is -2.11. The first-order valence-corrected chi connectivity index (χ1v) is 7.22. The number of nitrogens with zero attached hydrogens (tertiary/aromatic N) is 2. The van der Waals surface area contributed by atoms with Crippen molar-refractivity contribution in [3.8, 4) is 0 Å². The van der Waals surface area contributed by atoms with E-state index in [-0.39, 0.29) is 0 Å². The first kappa shape index (κ1) is 16.7. The molecule has 114 valence electrons. The van der Waals surface area contributed by atoms with E-state index in [4.69, 9.17) is 9.47 Å². The van der Waals surface area contributed by atoms with Gasteiger partial charge in [-0.2, -0.15) is 0 Å². The Kier molecular flexibility index (Phi) is 8.66. The molecule has 0 unspecified atom stereocenters. The number of anilines is 2. The van der Waals surface area contributed by atoms with Crippen LogP contribution in [0.3, 0.4) is 0 Å². The Labute approximate surface area is 121 Å². The van der Waals surface area contributed by atoms with Crippen LogP contribution in [0.2, 0.25) is 0 Å². The van der Waals surface area contributed by atoms with Crippen molar-refractivity contribution in [2.24, 2.45) is 0 Å². The Morgan fingerprint density at radius 3 is 2.40 bits per heavy atom. The molecule has 0 bridgehead atoms. The molecule has 0 aliphatic heterocycles. The molecule has 0 radical (unpaired) electrons. The predicted octanol–water partition coefficient (Wildman–Crippen LogP) is 2.28. The average Bonchev–Trinajstić information content (AvgIpc) is 2.45. The first-order valence-electron chi connectivity index (χ1n) is 7.22. The summed E-state index contributed by atoms with van der Waals surface area (Å²) in [5, 5.41) is 6.57. The van der Waals surface area contributed by atoms with Crippen molar-refractivity contribution < 1.29 is 9.47 Å². The number of hydrogen-bond acceptors (Lipinski definition) is 6. The van der Waals surface area contributed by atoms with Crippen LogP contribution in [0, 0.1) is 0 Å². The lowest BCUT2D eigenvalue weighted by Crippen LogP contribution is -2.11. The maximum Gasteiger partial charge on any atom is 0.158 e. The van der Waals surface area contributed by atoms with Gasteiger partial charge in [-0.1, -0.05) is 6.92 Å². The van der Waals surface area contributed by atoms with Crippen LogP contribution in [-0.4, -0.2) is 43.4 Å². The van der Waals surface area contributed by atoms with Crippen LogP contribution < -0.4 is 10.6 Å². The Balaban J connectivity index is 2.55. The molecular formula is C14H26N4O2. The monoisotopic (exact) mass is 282 g/mol. The standard InChI is InChI=1S/C14H26N4O2/c1-4-7-15-12-10-13(16-8-6-9-20-5-2)18-14(17-12)11-19-3/h10H,4-9,11H2,1-3H3,(H2,15,16,17,18). The topological polar surface area (TPSA) is 68.3 Å². The highest BCUT2D eigenvalue weighted by Gasteiger charge is 2.04. The van der Waals surface area contributed by atoms with Crippen molar-refractivity contribution >= 4 is 11.6 Å². The lowest BCUT2D eigenvalue weighted by molar-refractivity contribution is 0.147. The van der Waals surface area contributed by atoms with E-state index in [0.717, 1.165) is 50.8 Å². The third kappa shape index (κ3) is 6.68. The molecule has 0 aliphatic rings. The zero-order chi connectivity index (χ0) is 14.6. The van der Waals surface area contributed by atoms with Gasteiger partial charge < -0.3 is 20.1 Å². The zero-order valence-corrected chi connectivity index (χ0v) is 12.7. The van der Waals surface area contributed by atoms with Crippen LogP contribution in [0.4, 0.5) is 11.6 Å². The van der Waals surface area contributed by atoms with E-state index in [0.29, 0.717) is 12.4 Å². The molecule has 6 heteroatoms. The summed E-state index contributed by atoms with van der Waals surface area (Å²) in [6.45, 7) is 7.79. The summed E-state index contributed by atoms with van der Waals surface area (Å²) in [5.74, 6) is 2.34. The third-order valence-electron chi connectivity index (χ3n) is 2.58. The maximum absolute atomic E-state index is 5.31. The summed E-state index contributed by atoms with van der Waals surface area (Å²) >= 11 is 0. The number of nitrogens with one attached hydrogen (secondary N) is 2. The summed E-state index contributed by atoms with van der Waals surface area (Å²) in [6, 6.07) is 1.93. The van der Waals surface area contributed by atoms with E-state index in [2.05, 4.69) is 27.5 Å². The first-order chi connectivity index (χ1) is 9.80. The summed E-state index contributed by atoms with van der Waals surface area (Å²) in [4.78, 5) is 8.83. The molecule has 0 amide bonds. The Morgan fingerprint density at radius 1 is 1.10 bits per heavy atom. The van der Waals surface area contributed by atoms with Crippen molar-refractivity contribution in [3.05, 3.63) is 11.9 Å². The van der Waals surface area contributed by atoms with Gasteiger partial charge in [0.25, 0.3) is 0 Å². The van der Waals surface area contributed by atoms with Crippen LogP contribution in [0.1, 0.15) is 32.5 Å².